The number of carbonyl (C=O) groups is 1. The van der Waals surface area contributed by atoms with Crippen molar-refractivity contribution in [2.45, 2.75) is 0 Å². The summed E-state index contributed by atoms with van der Waals surface area (Å²) >= 11 is 1.53. The van der Waals surface area contributed by atoms with Crippen LogP contribution in [-0.4, -0.2) is 16.4 Å². The quantitative estimate of drug-likeness (QED) is 0.713. The number of aromatic nitrogens is 1. The lowest BCUT2D eigenvalue weighted by molar-refractivity contribution is 0.112. The minimum atomic E-state index is 0.0973. The number of para-hydroxylation sites is 1. The zero-order valence-corrected chi connectivity index (χ0v) is 10.1. The molecule has 0 aliphatic heterocycles. The Labute approximate surface area is 107 Å². The van der Waals surface area contributed by atoms with Gasteiger partial charge in [0.05, 0.1) is 15.7 Å². The Hall–Kier alpha value is -2.20. The molecule has 0 aliphatic rings. The molecule has 0 spiro atoms. The standard InChI is InChI=1S/C14H9NO2S/c16-7-9-3-1-5-11(17)13(9)10-4-2-6-12-14(10)15-8-18-12/h1-8,17H. The minimum Gasteiger partial charge on any atom is -0.507 e. The van der Waals surface area contributed by atoms with Gasteiger partial charge in [0.15, 0.2) is 6.29 Å². The van der Waals surface area contributed by atoms with Gasteiger partial charge in [0.2, 0.25) is 0 Å². The number of nitrogens with zero attached hydrogens (tertiary/aromatic N) is 1. The van der Waals surface area contributed by atoms with E-state index in [1.54, 1.807) is 23.7 Å². The molecule has 0 fully saturated rings. The van der Waals surface area contributed by atoms with Crippen LogP contribution < -0.4 is 0 Å². The summed E-state index contributed by atoms with van der Waals surface area (Å²) in [4.78, 5) is 15.4. The van der Waals surface area contributed by atoms with Gasteiger partial charge in [-0.2, -0.15) is 0 Å². The van der Waals surface area contributed by atoms with Crippen molar-refractivity contribution < 1.29 is 9.90 Å². The van der Waals surface area contributed by atoms with E-state index in [1.165, 1.54) is 11.3 Å². The molecule has 0 saturated heterocycles. The van der Waals surface area contributed by atoms with Crippen molar-refractivity contribution in [2.75, 3.05) is 0 Å². The van der Waals surface area contributed by atoms with E-state index in [4.69, 9.17) is 0 Å². The molecule has 88 valence electrons. The number of phenolic OH excluding ortho intramolecular Hbond substituents is 1. The van der Waals surface area contributed by atoms with E-state index in [-0.39, 0.29) is 5.75 Å². The van der Waals surface area contributed by atoms with Crippen molar-refractivity contribution in [2.24, 2.45) is 0 Å². The van der Waals surface area contributed by atoms with Crippen molar-refractivity contribution >= 4 is 27.8 Å². The van der Waals surface area contributed by atoms with Gasteiger partial charge in [-0.05, 0) is 12.1 Å². The van der Waals surface area contributed by atoms with E-state index < -0.39 is 0 Å². The van der Waals surface area contributed by atoms with Crippen molar-refractivity contribution in [3.63, 3.8) is 0 Å². The van der Waals surface area contributed by atoms with E-state index in [0.717, 1.165) is 22.1 Å². The Morgan fingerprint density at radius 3 is 2.83 bits per heavy atom. The van der Waals surface area contributed by atoms with Gasteiger partial charge in [0.25, 0.3) is 0 Å². The maximum Gasteiger partial charge on any atom is 0.150 e. The first kappa shape index (κ1) is 10.9. The lowest BCUT2D eigenvalue weighted by Gasteiger charge is -2.08. The summed E-state index contributed by atoms with van der Waals surface area (Å²) in [5.41, 5.74) is 4.37. The summed E-state index contributed by atoms with van der Waals surface area (Å²) in [6, 6.07) is 10.7. The largest absolute Gasteiger partial charge is 0.507 e. The fourth-order valence-electron chi connectivity index (χ4n) is 2.04. The van der Waals surface area contributed by atoms with Crippen LogP contribution in [0.4, 0.5) is 0 Å². The summed E-state index contributed by atoms with van der Waals surface area (Å²) < 4.78 is 1.03. The molecule has 1 heterocycles. The highest BCUT2D eigenvalue weighted by Crippen LogP contribution is 2.36. The molecule has 0 bridgehead atoms. The molecule has 2 aromatic carbocycles. The summed E-state index contributed by atoms with van der Waals surface area (Å²) in [7, 11) is 0. The number of phenols is 1. The first-order chi connectivity index (χ1) is 8.81. The first-order valence-corrected chi connectivity index (χ1v) is 6.29. The summed E-state index contributed by atoms with van der Waals surface area (Å²) in [6.45, 7) is 0. The molecule has 4 heteroatoms. The number of fused-ring (bicyclic) bond motifs is 1. The number of rotatable bonds is 2. The van der Waals surface area contributed by atoms with Gasteiger partial charge >= 0.3 is 0 Å². The van der Waals surface area contributed by atoms with Gasteiger partial charge in [0.1, 0.15) is 5.75 Å². The van der Waals surface area contributed by atoms with Crippen molar-refractivity contribution in [3.8, 4) is 16.9 Å². The van der Waals surface area contributed by atoms with Crippen LogP contribution in [0.1, 0.15) is 10.4 Å². The Kier molecular flexibility index (Phi) is 2.57. The van der Waals surface area contributed by atoms with Crippen LogP contribution in [0.5, 0.6) is 5.75 Å². The SMILES string of the molecule is O=Cc1cccc(O)c1-c1cccc2scnc12. The van der Waals surface area contributed by atoms with Crippen molar-refractivity contribution in [3.05, 3.63) is 47.5 Å². The molecule has 1 aromatic heterocycles. The van der Waals surface area contributed by atoms with Crippen LogP contribution in [0.25, 0.3) is 21.3 Å². The number of hydrogen-bond acceptors (Lipinski definition) is 4. The summed E-state index contributed by atoms with van der Waals surface area (Å²) in [5, 5.41) is 9.99. The number of aldehydes is 1. The fraction of sp³-hybridized carbons (Fsp3) is 0. The molecule has 0 aliphatic carbocycles. The number of carbonyl (C=O) groups excluding carboxylic acids is 1. The Morgan fingerprint density at radius 2 is 2.00 bits per heavy atom. The normalized spacial score (nSPS) is 10.7. The summed E-state index contributed by atoms with van der Waals surface area (Å²) in [5.74, 6) is 0.0973. The van der Waals surface area contributed by atoms with E-state index in [0.29, 0.717) is 11.1 Å². The van der Waals surface area contributed by atoms with Crippen LogP contribution in [0.15, 0.2) is 41.9 Å². The molecule has 3 aromatic rings. The molecule has 0 unspecified atom stereocenters. The Balaban J connectivity index is 2.39. The second-order valence-electron chi connectivity index (χ2n) is 3.86. The third-order valence-corrected chi connectivity index (χ3v) is 3.63. The molecule has 18 heavy (non-hydrogen) atoms. The zero-order chi connectivity index (χ0) is 12.5. The fourth-order valence-corrected chi connectivity index (χ4v) is 2.74. The van der Waals surface area contributed by atoms with E-state index in [1.807, 2.05) is 18.2 Å². The van der Waals surface area contributed by atoms with Gasteiger partial charge < -0.3 is 5.11 Å². The smallest absolute Gasteiger partial charge is 0.150 e. The van der Waals surface area contributed by atoms with Crippen LogP contribution in [0.2, 0.25) is 0 Å². The third-order valence-electron chi connectivity index (χ3n) is 2.83. The molecule has 3 nitrogen and oxygen atoms in total. The molecular weight excluding hydrogens is 246 g/mol. The number of hydrogen-bond donors (Lipinski definition) is 1. The molecule has 0 atom stereocenters. The predicted molar refractivity (Wildman–Crippen MR) is 72.1 cm³/mol. The predicted octanol–water partition coefficient (Wildman–Crippen LogP) is 3.48. The molecule has 1 N–H and O–H groups in total. The highest BCUT2D eigenvalue weighted by molar-refractivity contribution is 7.16. The second kappa shape index (κ2) is 4.23. The van der Waals surface area contributed by atoms with Crippen molar-refractivity contribution in [1.82, 2.24) is 4.98 Å². The molecule has 0 amide bonds. The van der Waals surface area contributed by atoms with Crippen LogP contribution in [0.3, 0.4) is 0 Å². The number of thiazole rings is 1. The Bertz CT molecular complexity index is 733. The number of aromatic hydroxyl groups is 1. The molecule has 0 radical (unpaired) electrons. The monoisotopic (exact) mass is 255 g/mol. The van der Waals surface area contributed by atoms with Gasteiger partial charge in [0, 0.05) is 16.7 Å². The van der Waals surface area contributed by atoms with Crippen molar-refractivity contribution in [1.29, 1.82) is 0 Å². The van der Waals surface area contributed by atoms with Gasteiger partial charge in [-0.3, -0.25) is 4.79 Å². The molecular formula is C14H9NO2S. The maximum absolute atomic E-state index is 11.1. The maximum atomic E-state index is 11.1. The van der Waals surface area contributed by atoms with Crippen LogP contribution in [0, 0.1) is 0 Å². The third kappa shape index (κ3) is 1.58. The van der Waals surface area contributed by atoms with Gasteiger partial charge in [-0.15, -0.1) is 11.3 Å². The topological polar surface area (TPSA) is 50.2 Å². The van der Waals surface area contributed by atoms with E-state index in [2.05, 4.69) is 4.98 Å². The zero-order valence-electron chi connectivity index (χ0n) is 9.33. The van der Waals surface area contributed by atoms with Crippen LogP contribution >= 0.6 is 11.3 Å². The first-order valence-electron chi connectivity index (χ1n) is 5.41. The van der Waals surface area contributed by atoms with E-state index in [9.17, 15) is 9.90 Å². The lowest BCUT2D eigenvalue weighted by Crippen LogP contribution is -1.89. The second-order valence-corrected chi connectivity index (χ2v) is 4.75. The van der Waals surface area contributed by atoms with Gasteiger partial charge in [-0.1, -0.05) is 24.3 Å². The average Bonchev–Trinajstić information content (AvgIpc) is 2.86. The molecule has 0 saturated carbocycles. The number of benzene rings is 2. The lowest BCUT2D eigenvalue weighted by atomic mass is 9.98. The van der Waals surface area contributed by atoms with Crippen LogP contribution in [-0.2, 0) is 0 Å². The molecule has 3 rings (SSSR count). The highest BCUT2D eigenvalue weighted by atomic mass is 32.1. The van der Waals surface area contributed by atoms with E-state index >= 15 is 0 Å². The average molecular weight is 255 g/mol. The summed E-state index contributed by atoms with van der Waals surface area (Å²) in [6.07, 6.45) is 0.750. The highest BCUT2D eigenvalue weighted by Gasteiger charge is 2.13. The van der Waals surface area contributed by atoms with Gasteiger partial charge in [-0.25, -0.2) is 4.98 Å². The Morgan fingerprint density at radius 1 is 1.17 bits per heavy atom. The minimum absolute atomic E-state index is 0.0973.